The van der Waals surface area contributed by atoms with Crippen LogP contribution < -0.4 is 15.0 Å². The van der Waals surface area contributed by atoms with Crippen molar-refractivity contribution in [2.45, 2.75) is 13.3 Å². The summed E-state index contributed by atoms with van der Waals surface area (Å²) in [5, 5.41) is 1.50. The normalized spacial score (nSPS) is 11.7. The van der Waals surface area contributed by atoms with Gasteiger partial charge < -0.3 is 14.5 Å². The van der Waals surface area contributed by atoms with E-state index in [2.05, 4.69) is 9.97 Å². The van der Waals surface area contributed by atoms with Crippen LogP contribution in [0.15, 0.2) is 35.1 Å². The second-order valence-corrected chi connectivity index (χ2v) is 7.20. The Morgan fingerprint density at radius 2 is 2.04 bits per heavy atom. The van der Waals surface area contributed by atoms with Crippen molar-refractivity contribution < 1.29 is 9.47 Å². The van der Waals surface area contributed by atoms with Crippen LogP contribution in [0.1, 0.15) is 24.7 Å². The molecule has 0 unspecified atom stereocenters. The Hall–Kier alpha value is -2.21. The number of hydrogen-bond acceptors (Lipinski definition) is 4. The highest BCUT2D eigenvalue weighted by atomic mass is 35.5. The third-order valence-electron chi connectivity index (χ3n) is 3.89. The lowest BCUT2D eigenvalue weighted by Crippen LogP contribution is -2.10. The summed E-state index contributed by atoms with van der Waals surface area (Å²) < 4.78 is 11.0. The summed E-state index contributed by atoms with van der Waals surface area (Å²) in [5.41, 5.74) is 0.844. The van der Waals surface area contributed by atoms with E-state index in [0.717, 1.165) is 6.42 Å². The Kier molecular flexibility index (Phi) is 6.50. The van der Waals surface area contributed by atoms with Crippen molar-refractivity contribution in [1.82, 2.24) is 9.97 Å². The highest BCUT2D eigenvalue weighted by Crippen LogP contribution is 2.37. The van der Waals surface area contributed by atoms with Gasteiger partial charge in [0.25, 0.3) is 5.56 Å². The number of ether oxygens (including phenoxy) is 2. The van der Waals surface area contributed by atoms with Gasteiger partial charge in [-0.05, 0) is 48.4 Å². The van der Waals surface area contributed by atoms with E-state index in [-0.39, 0.29) is 16.4 Å². The molecule has 3 aromatic rings. The molecule has 0 amide bonds. The number of aromatic amines is 1. The van der Waals surface area contributed by atoms with E-state index in [9.17, 15) is 4.79 Å². The van der Waals surface area contributed by atoms with E-state index < -0.39 is 0 Å². The second kappa shape index (κ2) is 8.86. The Bertz CT molecular complexity index is 1110. The minimum atomic E-state index is -0.326. The molecule has 5 nitrogen and oxygen atoms in total. The molecule has 0 atom stereocenters. The number of hydrogen-bond donors (Lipinski definition) is 1. The van der Waals surface area contributed by atoms with Crippen molar-refractivity contribution in [1.29, 1.82) is 0 Å². The van der Waals surface area contributed by atoms with E-state index in [1.54, 1.807) is 36.4 Å². The third kappa shape index (κ3) is 4.43. The molecule has 1 aromatic heterocycles. The molecular weight excluding hydrogens is 423 g/mol. The van der Waals surface area contributed by atoms with E-state index in [0.29, 0.717) is 44.6 Å². The lowest BCUT2D eigenvalue weighted by molar-refractivity contribution is 0.294. The number of fused-ring (bicyclic) bond motifs is 1. The molecule has 2 aromatic carbocycles. The Balaban J connectivity index is 2.01. The summed E-state index contributed by atoms with van der Waals surface area (Å²) in [6.45, 7) is 2.53. The molecule has 0 aliphatic carbocycles. The zero-order valence-corrected chi connectivity index (χ0v) is 17.5. The van der Waals surface area contributed by atoms with Gasteiger partial charge in [0.2, 0.25) is 0 Å². The number of benzene rings is 2. The molecule has 1 N–H and O–H groups in total. The Morgan fingerprint density at radius 3 is 2.75 bits per heavy atom. The predicted octanol–water partition coefficient (Wildman–Crippen LogP) is 5.76. The van der Waals surface area contributed by atoms with Crippen LogP contribution in [0.25, 0.3) is 22.0 Å². The fraction of sp³-hybridized carbons (Fsp3) is 0.200. The number of H-pyrrole nitrogens is 1. The zero-order valence-electron chi connectivity index (χ0n) is 15.2. The summed E-state index contributed by atoms with van der Waals surface area (Å²) in [4.78, 5) is 19.4. The second-order valence-electron chi connectivity index (χ2n) is 5.95. The van der Waals surface area contributed by atoms with Gasteiger partial charge in [-0.3, -0.25) is 4.79 Å². The predicted molar refractivity (Wildman–Crippen MR) is 115 cm³/mol. The van der Waals surface area contributed by atoms with Crippen molar-refractivity contribution in [2.75, 3.05) is 13.7 Å². The molecule has 3 rings (SSSR count). The molecule has 0 aliphatic rings. The summed E-state index contributed by atoms with van der Waals surface area (Å²) in [6.07, 6.45) is 2.48. The van der Waals surface area contributed by atoms with Gasteiger partial charge in [-0.25, -0.2) is 4.98 Å². The van der Waals surface area contributed by atoms with Gasteiger partial charge in [-0.15, -0.1) is 0 Å². The third-order valence-corrected chi connectivity index (χ3v) is 4.69. The Labute approximate surface area is 176 Å². The van der Waals surface area contributed by atoms with Crippen molar-refractivity contribution in [3.63, 3.8) is 0 Å². The van der Waals surface area contributed by atoms with Crippen LogP contribution >= 0.6 is 34.8 Å². The molecule has 0 aliphatic heterocycles. The number of aromatic nitrogens is 2. The van der Waals surface area contributed by atoms with Crippen molar-refractivity contribution in [3.05, 3.63) is 62.1 Å². The van der Waals surface area contributed by atoms with Crippen LogP contribution in [0.4, 0.5) is 0 Å². The van der Waals surface area contributed by atoms with Crippen molar-refractivity contribution in [3.8, 4) is 11.5 Å². The summed E-state index contributed by atoms with van der Waals surface area (Å²) in [5.74, 6) is 1.21. The fourth-order valence-corrected chi connectivity index (χ4v) is 3.27. The monoisotopic (exact) mass is 438 g/mol. The van der Waals surface area contributed by atoms with Crippen LogP contribution in [0.3, 0.4) is 0 Å². The molecule has 146 valence electrons. The molecule has 0 saturated heterocycles. The van der Waals surface area contributed by atoms with Gasteiger partial charge in [-0.1, -0.05) is 41.7 Å². The lowest BCUT2D eigenvalue weighted by atomic mass is 10.1. The minimum Gasteiger partial charge on any atom is -0.493 e. The van der Waals surface area contributed by atoms with Crippen LogP contribution in [-0.2, 0) is 0 Å². The summed E-state index contributed by atoms with van der Waals surface area (Å²) in [6, 6.07) is 8.34. The van der Waals surface area contributed by atoms with E-state index in [1.807, 2.05) is 6.92 Å². The largest absolute Gasteiger partial charge is 0.493 e. The fourth-order valence-electron chi connectivity index (χ4n) is 2.61. The lowest BCUT2D eigenvalue weighted by Gasteiger charge is -2.13. The molecule has 1 heterocycles. The minimum absolute atomic E-state index is 0.239. The van der Waals surface area contributed by atoms with E-state index in [4.69, 9.17) is 44.3 Å². The van der Waals surface area contributed by atoms with Gasteiger partial charge in [0.05, 0.1) is 34.7 Å². The van der Waals surface area contributed by atoms with E-state index in [1.165, 1.54) is 7.11 Å². The molecule has 0 bridgehead atoms. The number of nitrogens with one attached hydrogen (secondary N) is 1. The zero-order chi connectivity index (χ0) is 20.3. The topological polar surface area (TPSA) is 64.2 Å². The first-order valence-corrected chi connectivity index (χ1v) is 9.63. The molecule has 0 fully saturated rings. The van der Waals surface area contributed by atoms with Crippen LogP contribution in [0.2, 0.25) is 10.0 Å². The van der Waals surface area contributed by atoms with Crippen LogP contribution in [0, 0.1) is 0 Å². The average Bonchev–Trinajstić information content (AvgIpc) is 2.67. The number of rotatable bonds is 6. The molecule has 0 spiro atoms. The first kappa shape index (κ1) is 20.5. The molecular formula is C20H17Cl3N2O3. The molecule has 8 heteroatoms. The smallest absolute Gasteiger partial charge is 0.259 e. The Morgan fingerprint density at radius 1 is 1.25 bits per heavy atom. The highest BCUT2D eigenvalue weighted by Gasteiger charge is 2.13. The summed E-state index contributed by atoms with van der Waals surface area (Å²) in [7, 11) is 1.53. The van der Waals surface area contributed by atoms with Gasteiger partial charge >= 0.3 is 0 Å². The van der Waals surface area contributed by atoms with Gasteiger partial charge in [0.15, 0.2) is 17.3 Å². The maximum atomic E-state index is 12.3. The van der Waals surface area contributed by atoms with Gasteiger partial charge in [0, 0.05) is 5.02 Å². The molecule has 28 heavy (non-hydrogen) atoms. The van der Waals surface area contributed by atoms with E-state index >= 15 is 0 Å². The van der Waals surface area contributed by atoms with Gasteiger partial charge in [0.1, 0.15) is 0 Å². The molecule has 0 saturated carbocycles. The SMILES string of the molecule is CCCOc1c(Cl)cc(/C=C(\Cl)c2nc3ccc(Cl)cc3c(=O)[nH]2)cc1OC. The van der Waals surface area contributed by atoms with Gasteiger partial charge in [-0.2, -0.15) is 0 Å². The standard InChI is InChI=1S/C20H17Cl3N2O3/c1-3-6-28-18-14(22)7-11(9-17(18)27-2)8-15(23)19-24-16-5-4-12(21)10-13(16)20(26)25-19/h4-5,7-10H,3,6H2,1-2H3,(H,24,25,26)/b15-8-. The number of methoxy groups -OCH3 is 1. The first-order valence-electron chi connectivity index (χ1n) is 8.50. The van der Waals surface area contributed by atoms with Crippen LogP contribution in [-0.4, -0.2) is 23.7 Å². The first-order chi connectivity index (χ1) is 13.4. The summed E-state index contributed by atoms with van der Waals surface area (Å²) >= 11 is 18.7. The number of halogens is 3. The highest BCUT2D eigenvalue weighted by molar-refractivity contribution is 6.50. The van der Waals surface area contributed by atoms with Crippen molar-refractivity contribution in [2.24, 2.45) is 0 Å². The quantitative estimate of drug-likeness (QED) is 0.530. The van der Waals surface area contributed by atoms with Crippen LogP contribution in [0.5, 0.6) is 11.5 Å². The maximum absolute atomic E-state index is 12.3. The van der Waals surface area contributed by atoms with Crippen molar-refractivity contribution >= 4 is 56.8 Å². The maximum Gasteiger partial charge on any atom is 0.259 e. The average molecular weight is 440 g/mol. The number of nitrogens with zero attached hydrogens (tertiary/aromatic N) is 1. The molecule has 0 radical (unpaired) electrons.